The van der Waals surface area contributed by atoms with Crippen molar-refractivity contribution in [3.8, 4) is 11.5 Å². The van der Waals surface area contributed by atoms with Gasteiger partial charge in [0.15, 0.2) is 16.7 Å². The number of rotatable bonds is 8. The number of aryl methyl sites for hydroxylation is 1. The first kappa shape index (κ1) is 19.4. The Bertz CT molecular complexity index is 878. The molecular formula is C21H27N3O2S. The lowest BCUT2D eigenvalue weighted by molar-refractivity contribution is 0.288. The lowest BCUT2D eigenvalue weighted by atomic mass is 10.1. The first-order valence-electron chi connectivity index (χ1n) is 9.20. The zero-order chi connectivity index (χ0) is 19.4. The van der Waals surface area contributed by atoms with E-state index in [2.05, 4.69) is 49.1 Å². The fraction of sp³-hybridized carbons (Fsp3) is 0.381. The summed E-state index contributed by atoms with van der Waals surface area (Å²) in [7, 11) is 4.15. The van der Waals surface area contributed by atoms with Gasteiger partial charge in [0.1, 0.15) is 0 Å². The second-order valence-corrected chi connectivity index (χ2v) is 7.50. The van der Waals surface area contributed by atoms with E-state index < -0.39 is 0 Å². The number of H-pyrrole nitrogens is 1. The average molecular weight is 386 g/mol. The highest BCUT2D eigenvalue weighted by Gasteiger charge is 2.12. The lowest BCUT2D eigenvalue weighted by Gasteiger charge is -2.17. The second kappa shape index (κ2) is 8.57. The molecule has 0 amide bonds. The van der Waals surface area contributed by atoms with Gasteiger partial charge in [-0.1, -0.05) is 29.5 Å². The molecule has 0 unspecified atom stereocenters. The highest BCUT2D eigenvalue weighted by Crippen LogP contribution is 2.34. The van der Waals surface area contributed by atoms with Crippen molar-refractivity contribution >= 4 is 28.5 Å². The number of aromatic nitrogens is 2. The molecule has 0 aliphatic rings. The standard InChI is InChI=1S/C21H27N3O2S/c1-6-25-19-11-16-17(12-20(19)26-7-2)23-21(22-16)27-13-15-10-14(3)8-9-18(15)24(4)5/h8-12H,6-7,13H2,1-5H3,(H,22,23). The Balaban J connectivity index is 1.85. The van der Waals surface area contributed by atoms with E-state index in [1.165, 1.54) is 16.8 Å². The fourth-order valence-electron chi connectivity index (χ4n) is 3.01. The van der Waals surface area contributed by atoms with Crippen LogP contribution >= 0.6 is 11.8 Å². The summed E-state index contributed by atoms with van der Waals surface area (Å²) in [4.78, 5) is 10.3. The fourth-order valence-corrected chi connectivity index (χ4v) is 3.88. The van der Waals surface area contributed by atoms with E-state index in [0.29, 0.717) is 13.2 Å². The highest BCUT2D eigenvalue weighted by atomic mass is 32.2. The van der Waals surface area contributed by atoms with Gasteiger partial charge >= 0.3 is 0 Å². The molecule has 0 radical (unpaired) electrons. The molecule has 0 atom stereocenters. The third kappa shape index (κ3) is 4.50. The van der Waals surface area contributed by atoms with Crippen LogP contribution in [0.5, 0.6) is 11.5 Å². The smallest absolute Gasteiger partial charge is 0.166 e. The van der Waals surface area contributed by atoms with Crippen molar-refractivity contribution < 1.29 is 9.47 Å². The summed E-state index contributed by atoms with van der Waals surface area (Å²) in [5, 5.41) is 0.896. The van der Waals surface area contributed by atoms with Crippen LogP contribution in [0.4, 0.5) is 5.69 Å². The topological polar surface area (TPSA) is 50.4 Å². The molecule has 3 rings (SSSR count). The monoisotopic (exact) mass is 385 g/mol. The van der Waals surface area contributed by atoms with E-state index in [-0.39, 0.29) is 0 Å². The van der Waals surface area contributed by atoms with Gasteiger partial charge in [-0.15, -0.1) is 0 Å². The molecule has 5 nitrogen and oxygen atoms in total. The van der Waals surface area contributed by atoms with E-state index in [1.807, 2.05) is 26.0 Å². The molecule has 0 saturated carbocycles. The third-order valence-electron chi connectivity index (χ3n) is 4.21. The van der Waals surface area contributed by atoms with Crippen LogP contribution < -0.4 is 14.4 Å². The number of anilines is 1. The maximum Gasteiger partial charge on any atom is 0.166 e. The first-order chi connectivity index (χ1) is 13.0. The Morgan fingerprint density at radius 3 is 2.41 bits per heavy atom. The van der Waals surface area contributed by atoms with Gasteiger partial charge < -0.3 is 19.4 Å². The molecule has 0 spiro atoms. The van der Waals surface area contributed by atoms with E-state index in [4.69, 9.17) is 14.5 Å². The zero-order valence-corrected chi connectivity index (χ0v) is 17.4. The SMILES string of the molecule is CCOc1cc2nc(SCc3cc(C)ccc3N(C)C)[nH]c2cc1OCC. The van der Waals surface area contributed by atoms with Crippen LogP contribution in [0.1, 0.15) is 25.0 Å². The molecule has 27 heavy (non-hydrogen) atoms. The number of nitrogens with one attached hydrogen (secondary N) is 1. The minimum Gasteiger partial charge on any atom is -0.490 e. The van der Waals surface area contributed by atoms with Gasteiger partial charge in [0.25, 0.3) is 0 Å². The predicted octanol–water partition coefficient (Wildman–Crippen LogP) is 5.03. The summed E-state index contributed by atoms with van der Waals surface area (Å²) in [6, 6.07) is 10.5. The summed E-state index contributed by atoms with van der Waals surface area (Å²) in [5.74, 6) is 2.34. The van der Waals surface area contributed by atoms with Crippen molar-refractivity contribution in [2.24, 2.45) is 0 Å². The van der Waals surface area contributed by atoms with Crippen molar-refractivity contribution in [3.05, 3.63) is 41.5 Å². The number of hydrogen-bond donors (Lipinski definition) is 1. The lowest BCUT2D eigenvalue weighted by Crippen LogP contribution is -2.11. The van der Waals surface area contributed by atoms with E-state index >= 15 is 0 Å². The summed E-state index contributed by atoms with van der Waals surface area (Å²) >= 11 is 1.70. The van der Waals surface area contributed by atoms with Gasteiger partial charge in [-0.05, 0) is 32.4 Å². The average Bonchev–Trinajstić information content (AvgIpc) is 3.02. The Morgan fingerprint density at radius 1 is 1.04 bits per heavy atom. The summed E-state index contributed by atoms with van der Waals surface area (Å²) < 4.78 is 11.4. The summed E-state index contributed by atoms with van der Waals surface area (Å²) in [5.41, 5.74) is 5.66. The number of thioether (sulfide) groups is 1. The van der Waals surface area contributed by atoms with Crippen LogP contribution in [0.25, 0.3) is 11.0 Å². The molecule has 144 valence electrons. The molecule has 3 aromatic rings. The number of aromatic amines is 1. The van der Waals surface area contributed by atoms with Gasteiger partial charge in [0.05, 0.1) is 24.2 Å². The highest BCUT2D eigenvalue weighted by molar-refractivity contribution is 7.98. The Hall–Kier alpha value is -2.34. The first-order valence-corrected chi connectivity index (χ1v) is 10.2. The van der Waals surface area contributed by atoms with Crippen LogP contribution in [0.3, 0.4) is 0 Å². The maximum atomic E-state index is 5.71. The molecular weight excluding hydrogens is 358 g/mol. The number of benzene rings is 2. The number of imidazole rings is 1. The maximum absolute atomic E-state index is 5.71. The molecule has 1 heterocycles. The minimum absolute atomic E-state index is 0.596. The predicted molar refractivity (Wildman–Crippen MR) is 113 cm³/mol. The van der Waals surface area contributed by atoms with Crippen molar-refractivity contribution in [3.63, 3.8) is 0 Å². The van der Waals surface area contributed by atoms with Gasteiger partial charge in [0.2, 0.25) is 0 Å². The summed E-state index contributed by atoms with van der Waals surface area (Å²) in [6.45, 7) is 7.26. The van der Waals surface area contributed by atoms with Crippen LogP contribution in [-0.4, -0.2) is 37.3 Å². The molecule has 0 aliphatic heterocycles. The molecule has 2 aromatic carbocycles. The van der Waals surface area contributed by atoms with E-state index in [9.17, 15) is 0 Å². The molecule has 0 fully saturated rings. The number of fused-ring (bicyclic) bond motifs is 1. The van der Waals surface area contributed by atoms with Crippen molar-refractivity contribution in [2.75, 3.05) is 32.2 Å². The number of hydrogen-bond acceptors (Lipinski definition) is 5. The zero-order valence-electron chi connectivity index (χ0n) is 16.6. The molecule has 1 aromatic heterocycles. The van der Waals surface area contributed by atoms with Gasteiger partial charge in [0, 0.05) is 37.7 Å². The molecule has 6 heteroatoms. The van der Waals surface area contributed by atoms with Crippen LogP contribution in [0.15, 0.2) is 35.5 Å². The molecule has 1 N–H and O–H groups in total. The Morgan fingerprint density at radius 2 is 1.74 bits per heavy atom. The largest absolute Gasteiger partial charge is 0.490 e. The number of ether oxygens (including phenoxy) is 2. The van der Waals surface area contributed by atoms with E-state index in [0.717, 1.165) is 33.4 Å². The van der Waals surface area contributed by atoms with Crippen LogP contribution in [-0.2, 0) is 5.75 Å². The van der Waals surface area contributed by atoms with Gasteiger partial charge in [-0.3, -0.25) is 0 Å². The third-order valence-corrected chi connectivity index (χ3v) is 5.13. The molecule has 0 saturated heterocycles. The van der Waals surface area contributed by atoms with Gasteiger partial charge in [-0.2, -0.15) is 0 Å². The van der Waals surface area contributed by atoms with Crippen molar-refractivity contribution in [2.45, 2.75) is 31.7 Å². The van der Waals surface area contributed by atoms with Crippen molar-refractivity contribution in [1.29, 1.82) is 0 Å². The quantitative estimate of drug-likeness (QED) is 0.551. The second-order valence-electron chi connectivity index (χ2n) is 6.54. The Labute approximate surface area is 165 Å². The Kier molecular flexibility index (Phi) is 6.16. The van der Waals surface area contributed by atoms with Gasteiger partial charge in [-0.25, -0.2) is 4.98 Å². The normalized spacial score (nSPS) is 11.0. The summed E-state index contributed by atoms with van der Waals surface area (Å²) in [6.07, 6.45) is 0. The van der Waals surface area contributed by atoms with Crippen molar-refractivity contribution in [1.82, 2.24) is 9.97 Å². The molecule has 0 bridgehead atoms. The van der Waals surface area contributed by atoms with E-state index in [1.54, 1.807) is 11.8 Å². The van der Waals surface area contributed by atoms with Crippen LogP contribution in [0, 0.1) is 6.92 Å². The molecule has 0 aliphatic carbocycles. The number of nitrogens with zero attached hydrogens (tertiary/aromatic N) is 2. The van der Waals surface area contributed by atoms with Crippen LogP contribution in [0.2, 0.25) is 0 Å². The minimum atomic E-state index is 0.596.